The van der Waals surface area contributed by atoms with Gasteiger partial charge in [-0.15, -0.1) is 10.2 Å². The molecule has 0 saturated heterocycles. The molecule has 1 saturated carbocycles. The monoisotopic (exact) mass is 517 g/mol. The van der Waals surface area contributed by atoms with E-state index in [0.717, 1.165) is 18.5 Å². The molecule has 3 rings (SSSR count). The molecule has 1 aliphatic rings. The smallest absolute Gasteiger partial charge is 0.345 e. The minimum Gasteiger partial charge on any atom is -0.489 e. The molecule has 1 aliphatic carbocycles. The van der Waals surface area contributed by atoms with Gasteiger partial charge in [0, 0.05) is 35.4 Å². The van der Waals surface area contributed by atoms with Gasteiger partial charge in [0.15, 0.2) is 21.3 Å². The zero-order valence-electron chi connectivity index (χ0n) is 21.5. The molecule has 190 valence electrons. The van der Waals surface area contributed by atoms with Crippen LogP contribution in [0.2, 0.25) is 0 Å². The van der Waals surface area contributed by atoms with Gasteiger partial charge in [0.25, 0.3) is 5.91 Å². The van der Waals surface area contributed by atoms with Crippen molar-refractivity contribution in [2.75, 3.05) is 30.5 Å². The zero-order valence-corrected chi connectivity index (χ0v) is 19.4. The number of nitrogens with zero attached hydrogens (tertiary/aromatic N) is 3. The number of hydrogen-bond acceptors (Lipinski definition) is 10. The predicted octanol–water partition coefficient (Wildman–Crippen LogP) is 1.73. The van der Waals surface area contributed by atoms with Crippen LogP contribution in [0.15, 0.2) is 23.2 Å². The molecule has 0 aliphatic heterocycles. The predicted molar refractivity (Wildman–Crippen MR) is 119 cm³/mol. The van der Waals surface area contributed by atoms with Crippen molar-refractivity contribution in [3.8, 4) is 5.75 Å². The van der Waals surface area contributed by atoms with E-state index >= 15 is 0 Å². The van der Waals surface area contributed by atoms with Crippen molar-refractivity contribution in [2.24, 2.45) is 5.92 Å². The van der Waals surface area contributed by atoms with Crippen LogP contribution in [0.5, 0.6) is 5.75 Å². The second kappa shape index (κ2) is 10.9. The largest absolute Gasteiger partial charge is 0.489 e. The van der Waals surface area contributed by atoms with Crippen molar-refractivity contribution in [1.29, 1.82) is 0 Å². The number of aromatic nitrogens is 3. The lowest BCUT2D eigenvalue weighted by atomic mass is 10.2. The number of carbonyl (C=O) groups is 2. The van der Waals surface area contributed by atoms with E-state index in [1.165, 1.54) is 13.0 Å². The van der Waals surface area contributed by atoms with Crippen LogP contribution < -0.4 is 20.7 Å². The molecule has 0 aromatic carbocycles. The summed E-state index contributed by atoms with van der Waals surface area (Å²) in [6.45, 7) is -4.89. The van der Waals surface area contributed by atoms with Gasteiger partial charge >= 0.3 is 6.61 Å². The number of alkyl halides is 2. The van der Waals surface area contributed by atoms with Crippen molar-refractivity contribution in [2.45, 2.75) is 37.4 Å². The molecular formula is C20H24F2N6O6S. The molecule has 2 heterocycles. The Morgan fingerprint density at radius 3 is 2.66 bits per heavy atom. The Morgan fingerprint density at radius 2 is 2.03 bits per heavy atom. The third-order valence-electron chi connectivity index (χ3n) is 4.62. The fraction of sp³-hybridized carbons (Fsp3) is 0.450. The van der Waals surface area contributed by atoms with Crippen LogP contribution in [0.3, 0.4) is 0 Å². The quantitative estimate of drug-likeness (QED) is 0.400. The molecular weight excluding hydrogens is 490 g/mol. The highest BCUT2D eigenvalue weighted by Crippen LogP contribution is 2.31. The topological polar surface area (TPSA) is 162 Å². The van der Waals surface area contributed by atoms with Gasteiger partial charge in [-0.2, -0.15) is 8.78 Å². The maximum absolute atomic E-state index is 12.6. The van der Waals surface area contributed by atoms with Crippen molar-refractivity contribution in [3.05, 3.63) is 24.0 Å². The maximum atomic E-state index is 12.6. The first-order valence-corrected chi connectivity index (χ1v) is 12.1. The number of amides is 2. The average Bonchev–Trinajstić information content (AvgIpc) is 3.62. The Hall–Kier alpha value is -3.46. The molecule has 15 heteroatoms. The molecule has 0 spiro atoms. The molecule has 0 unspecified atom stereocenters. The third-order valence-corrected chi connectivity index (χ3v) is 5.73. The van der Waals surface area contributed by atoms with E-state index in [0.29, 0.717) is 12.8 Å². The first kappa shape index (κ1) is 22.0. The van der Waals surface area contributed by atoms with E-state index in [1.54, 1.807) is 5.32 Å². The summed E-state index contributed by atoms with van der Waals surface area (Å²) in [6, 6.07) is 2.25. The van der Waals surface area contributed by atoms with Crippen molar-refractivity contribution >= 4 is 39.0 Å². The van der Waals surface area contributed by atoms with E-state index in [2.05, 4.69) is 30.6 Å². The molecule has 12 nitrogen and oxygen atoms in total. The Labute approximate surface area is 203 Å². The van der Waals surface area contributed by atoms with Crippen LogP contribution in [-0.2, 0) is 19.4 Å². The van der Waals surface area contributed by atoms with Gasteiger partial charge < -0.3 is 25.4 Å². The van der Waals surface area contributed by atoms with E-state index in [4.69, 9.17) is 8.85 Å². The lowest BCUT2D eigenvalue weighted by molar-refractivity contribution is -0.164. The molecule has 35 heavy (non-hydrogen) atoms. The Balaban J connectivity index is 1.94. The fourth-order valence-electron chi connectivity index (χ4n) is 2.79. The Bertz CT molecular complexity index is 1310. The number of halogens is 2. The third kappa shape index (κ3) is 7.26. The summed E-state index contributed by atoms with van der Waals surface area (Å²) in [5.41, 5.74) is -0.733. The van der Waals surface area contributed by atoms with E-state index < -0.39 is 46.0 Å². The maximum Gasteiger partial charge on any atom is 0.345 e. The standard InChI is InChI=1S/C20H24F2N6O6S/c1-10(34-20(21)22)9-33-12-6-14(35(3,31)32)17(24-8-12)25-13-7-15(26-18(29)11-4-5-11)27-28-16(13)19(30)23-2/h6-8,10-11,20H,4-5,9H2,1-3H3,(H,23,30)(H2,24,25,26,27,29)/t10-/m0/s1/i2D3. The van der Waals surface area contributed by atoms with Crippen LogP contribution in [0.25, 0.3) is 0 Å². The Kier molecular flexibility index (Phi) is 6.84. The van der Waals surface area contributed by atoms with Gasteiger partial charge in [0.2, 0.25) is 5.91 Å². The molecule has 1 fully saturated rings. The van der Waals surface area contributed by atoms with Crippen LogP contribution in [0, 0.1) is 5.92 Å². The molecule has 0 bridgehead atoms. The highest BCUT2D eigenvalue weighted by molar-refractivity contribution is 7.90. The number of nitrogens with one attached hydrogen (secondary N) is 3. The van der Waals surface area contributed by atoms with Gasteiger partial charge in [-0.1, -0.05) is 0 Å². The number of sulfone groups is 1. The number of rotatable bonds is 11. The highest BCUT2D eigenvalue weighted by atomic mass is 32.2. The fourth-order valence-corrected chi connectivity index (χ4v) is 3.57. The van der Waals surface area contributed by atoms with Crippen molar-refractivity contribution in [1.82, 2.24) is 20.5 Å². The summed E-state index contributed by atoms with van der Waals surface area (Å²) < 4.78 is 81.0. The van der Waals surface area contributed by atoms with Crippen molar-refractivity contribution in [3.63, 3.8) is 0 Å². The number of carbonyl (C=O) groups excluding carboxylic acids is 2. The van der Waals surface area contributed by atoms with Crippen LogP contribution in [0.1, 0.15) is 34.4 Å². The number of anilines is 3. The summed E-state index contributed by atoms with van der Waals surface area (Å²) in [7, 11) is -3.98. The molecule has 2 aromatic heterocycles. The average molecular weight is 518 g/mol. The van der Waals surface area contributed by atoms with Gasteiger partial charge in [0.05, 0.1) is 18.0 Å². The number of hydrogen-bond donors (Lipinski definition) is 3. The summed E-state index contributed by atoms with van der Waals surface area (Å²) in [4.78, 5) is 28.3. The van der Waals surface area contributed by atoms with Gasteiger partial charge in [-0.3, -0.25) is 9.59 Å². The van der Waals surface area contributed by atoms with Crippen LogP contribution in [0.4, 0.5) is 26.1 Å². The first-order chi connectivity index (χ1) is 17.6. The summed E-state index contributed by atoms with van der Waals surface area (Å²) in [6.07, 6.45) is 2.36. The van der Waals surface area contributed by atoms with E-state index in [1.807, 2.05) is 0 Å². The minimum absolute atomic E-state index is 0.0775. The lowest BCUT2D eigenvalue weighted by Crippen LogP contribution is -2.23. The van der Waals surface area contributed by atoms with Gasteiger partial charge in [0.1, 0.15) is 23.1 Å². The SMILES string of the molecule is [2H]C([2H])([2H])NC(=O)c1nnc(NC(=O)C2CC2)cc1Nc1ncc(OC[C@H](C)OC(F)F)cc1S(C)(=O)=O. The van der Waals surface area contributed by atoms with Gasteiger partial charge in [-0.05, 0) is 19.8 Å². The molecule has 2 amide bonds. The summed E-state index contributed by atoms with van der Waals surface area (Å²) >= 11 is 0. The minimum atomic E-state index is -3.98. The second-order valence-electron chi connectivity index (χ2n) is 7.64. The Morgan fingerprint density at radius 1 is 1.29 bits per heavy atom. The highest BCUT2D eigenvalue weighted by Gasteiger charge is 2.30. The van der Waals surface area contributed by atoms with E-state index in [-0.39, 0.29) is 41.5 Å². The first-order valence-electron chi connectivity index (χ1n) is 11.7. The molecule has 0 radical (unpaired) electrons. The van der Waals surface area contributed by atoms with Crippen LogP contribution in [-0.4, -0.2) is 68.0 Å². The lowest BCUT2D eigenvalue weighted by Gasteiger charge is -2.16. The number of pyridine rings is 1. The van der Waals surface area contributed by atoms with Crippen LogP contribution >= 0.6 is 0 Å². The van der Waals surface area contributed by atoms with Gasteiger partial charge in [-0.25, -0.2) is 13.4 Å². The molecule has 2 aromatic rings. The molecule has 3 N–H and O–H groups in total. The summed E-state index contributed by atoms with van der Waals surface area (Å²) in [5, 5.41) is 14.3. The second-order valence-corrected chi connectivity index (χ2v) is 9.63. The summed E-state index contributed by atoms with van der Waals surface area (Å²) in [5.74, 6) is -2.13. The molecule has 1 atom stereocenters. The van der Waals surface area contributed by atoms with E-state index in [9.17, 15) is 26.8 Å². The zero-order chi connectivity index (χ0) is 28.3. The number of ether oxygens (including phenoxy) is 2. The normalized spacial score (nSPS) is 16.0. The van der Waals surface area contributed by atoms with Crippen molar-refractivity contribution < 1.29 is 40.4 Å².